The number of hydrogen-bond acceptors (Lipinski definition) is 8. The lowest BCUT2D eigenvalue weighted by Gasteiger charge is -2.26. The van der Waals surface area contributed by atoms with Crippen LogP contribution in [0, 0.1) is 0 Å². The normalized spacial score (nSPS) is 15.1. The first kappa shape index (κ1) is 25.0. The average molecular weight is 501 g/mol. The number of phenolic OH excluding ortho intramolecular Hbond substituents is 3. The molecule has 2 aromatic carbocycles. The highest BCUT2D eigenvalue weighted by molar-refractivity contribution is 7.91. The molecule has 10 heteroatoms. The second-order valence-corrected chi connectivity index (χ2v) is 11.3. The predicted octanol–water partition coefficient (Wildman–Crippen LogP) is 3.96. The highest BCUT2D eigenvalue weighted by Crippen LogP contribution is 2.40. The zero-order valence-corrected chi connectivity index (χ0v) is 20.9. The summed E-state index contributed by atoms with van der Waals surface area (Å²) in [7, 11) is -3.71. The largest absolute Gasteiger partial charge is 0.508 e. The number of hydrogen-bond donors (Lipinski definition) is 3. The molecule has 1 saturated heterocycles. The van der Waals surface area contributed by atoms with E-state index in [-0.39, 0.29) is 45.6 Å². The van der Waals surface area contributed by atoms with E-state index in [1.807, 2.05) is 13.8 Å². The maximum atomic E-state index is 13.2. The Morgan fingerprint density at radius 3 is 2.23 bits per heavy atom. The molecule has 1 fully saturated rings. The van der Waals surface area contributed by atoms with Crippen molar-refractivity contribution in [3.8, 4) is 39.8 Å². The van der Waals surface area contributed by atoms with Gasteiger partial charge in [0.25, 0.3) is 0 Å². The smallest absolute Gasteiger partial charge is 0.250 e. The van der Waals surface area contributed by atoms with Crippen molar-refractivity contribution in [2.45, 2.75) is 50.7 Å². The Labute approximate surface area is 205 Å². The van der Waals surface area contributed by atoms with Crippen LogP contribution in [-0.4, -0.2) is 68.8 Å². The topological polar surface area (TPSA) is 129 Å². The molecular weight excluding hydrogens is 468 g/mol. The molecule has 0 radical (unpaired) electrons. The third-order valence-electron chi connectivity index (χ3n) is 6.33. The molecule has 35 heavy (non-hydrogen) atoms. The van der Waals surface area contributed by atoms with Crippen molar-refractivity contribution in [1.29, 1.82) is 0 Å². The van der Waals surface area contributed by atoms with Crippen LogP contribution in [0.15, 0.2) is 41.6 Å². The summed E-state index contributed by atoms with van der Waals surface area (Å²) in [6.07, 6.45) is 4.05. The molecule has 0 spiro atoms. The highest BCUT2D eigenvalue weighted by atomic mass is 32.2. The van der Waals surface area contributed by atoms with Crippen LogP contribution in [0.4, 0.5) is 0 Å². The van der Waals surface area contributed by atoms with Crippen LogP contribution in [0.2, 0.25) is 0 Å². The van der Waals surface area contributed by atoms with E-state index in [2.05, 4.69) is 15.1 Å². The first-order valence-corrected chi connectivity index (χ1v) is 13.6. The van der Waals surface area contributed by atoms with Gasteiger partial charge in [0, 0.05) is 17.7 Å². The van der Waals surface area contributed by atoms with Gasteiger partial charge in [0.05, 0.1) is 11.3 Å². The molecule has 0 saturated carbocycles. The Bertz CT molecular complexity index is 1280. The van der Waals surface area contributed by atoms with E-state index in [1.54, 1.807) is 18.2 Å². The maximum absolute atomic E-state index is 13.2. The molecule has 188 valence electrons. The van der Waals surface area contributed by atoms with Crippen molar-refractivity contribution in [1.82, 2.24) is 19.7 Å². The molecule has 0 atom stereocenters. The van der Waals surface area contributed by atoms with Gasteiger partial charge < -0.3 is 20.2 Å². The molecule has 1 aliphatic heterocycles. The van der Waals surface area contributed by atoms with Gasteiger partial charge in [-0.2, -0.15) is 0 Å². The Balaban J connectivity index is 1.67. The van der Waals surface area contributed by atoms with Crippen molar-refractivity contribution in [2.24, 2.45) is 0 Å². The third kappa shape index (κ3) is 5.43. The fraction of sp³-hybridized carbons (Fsp3) is 0.440. The number of aromatic nitrogens is 3. The van der Waals surface area contributed by atoms with Crippen LogP contribution in [0.25, 0.3) is 22.5 Å². The quantitative estimate of drug-likeness (QED) is 0.424. The summed E-state index contributed by atoms with van der Waals surface area (Å²) in [6, 6.07) is 8.71. The zero-order chi connectivity index (χ0) is 25.2. The zero-order valence-electron chi connectivity index (χ0n) is 20.1. The van der Waals surface area contributed by atoms with Gasteiger partial charge in [-0.05, 0) is 76.5 Å². The highest BCUT2D eigenvalue weighted by Gasteiger charge is 2.28. The predicted molar refractivity (Wildman–Crippen MR) is 133 cm³/mol. The number of likely N-dealkylation sites (tertiary alicyclic amines) is 1. The molecule has 9 nitrogen and oxygen atoms in total. The number of nitrogens with zero attached hydrogens (tertiary/aromatic N) is 4. The molecule has 3 aromatic rings. The SMILES string of the molecule is CC(C)n1c(-c2cc(-c3ccc(O)cc3)c(O)cc2O)nnc1S(=O)(=O)CCCN1CCCCC1. The monoisotopic (exact) mass is 500 g/mol. The Morgan fingerprint density at radius 2 is 1.57 bits per heavy atom. The molecule has 0 aliphatic carbocycles. The minimum absolute atomic E-state index is 0.0331. The van der Waals surface area contributed by atoms with E-state index >= 15 is 0 Å². The van der Waals surface area contributed by atoms with Gasteiger partial charge >= 0.3 is 0 Å². The van der Waals surface area contributed by atoms with E-state index in [0.29, 0.717) is 17.5 Å². The number of rotatable bonds is 8. The lowest BCUT2D eigenvalue weighted by atomic mass is 10.0. The van der Waals surface area contributed by atoms with Gasteiger partial charge in [0.15, 0.2) is 5.82 Å². The average Bonchev–Trinajstić information content (AvgIpc) is 3.27. The van der Waals surface area contributed by atoms with Crippen LogP contribution in [0.3, 0.4) is 0 Å². The Hall–Kier alpha value is -3.11. The van der Waals surface area contributed by atoms with E-state index in [9.17, 15) is 23.7 Å². The molecule has 1 aliphatic rings. The van der Waals surface area contributed by atoms with Gasteiger partial charge in [-0.25, -0.2) is 8.42 Å². The van der Waals surface area contributed by atoms with Crippen molar-refractivity contribution in [2.75, 3.05) is 25.4 Å². The summed E-state index contributed by atoms with van der Waals surface area (Å²) < 4.78 is 28.0. The molecule has 1 aromatic heterocycles. The lowest BCUT2D eigenvalue weighted by Crippen LogP contribution is -2.31. The van der Waals surface area contributed by atoms with Gasteiger partial charge in [-0.1, -0.05) is 18.6 Å². The van der Waals surface area contributed by atoms with Gasteiger partial charge in [0.2, 0.25) is 15.0 Å². The molecule has 0 amide bonds. The van der Waals surface area contributed by atoms with Gasteiger partial charge in [-0.15, -0.1) is 10.2 Å². The van der Waals surface area contributed by atoms with Crippen molar-refractivity contribution in [3.63, 3.8) is 0 Å². The van der Waals surface area contributed by atoms with Gasteiger partial charge in [0.1, 0.15) is 17.2 Å². The van der Waals surface area contributed by atoms with Crippen LogP contribution >= 0.6 is 0 Å². The van der Waals surface area contributed by atoms with Crippen LogP contribution in [-0.2, 0) is 9.84 Å². The summed E-state index contributed by atoms with van der Waals surface area (Å²) in [5, 5.41) is 38.7. The molecular formula is C25H32N4O5S. The summed E-state index contributed by atoms with van der Waals surface area (Å²) in [5.41, 5.74) is 1.27. The second kappa shape index (κ2) is 10.2. The second-order valence-electron chi connectivity index (χ2n) is 9.28. The number of sulfone groups is 1. The Morgan fingerprint density at radius 1 is 0.914 bits per heavy atom. The minimum atomic E-state index is -3.71. The van der Waals surface area contributed by atoms with E-state index in [0.717, 1.165) is 32.5 Å². The summed E-state index contributed by atoms with van der Waals surface area (Å²) in [6.45, 7) is 6.41. The van der Waals surface area contributed by atoms with Crippen LogP contribution < -0.4 is 0 Å². The van der Waals surface area contributed by atoms with Crippen molar-refractivity contribution in [3.05, 3.63) is 36.4 Å². The number of benzene rings is 2. The molecule has 2 heterocycles. The fourth-order valence-corrected chi connectivity index (χ4v) is 5.97. The van der Waals surface area contributed by atoms with E-state index in [1.165, 1.54) is 29.2 Å². The van der Waals surface area contributed by atoms with Crippen LogP contribution in [0.5, 0.6) is 17.2 Å². The van der Waals surface area contributed by atoms with Crippen LogP contribution in [0.1, 0.15) is 45.6 Å². The third-order valence-corrected chi connectivity index (χ3v) is 7.99. The molecule has 0 bridgehead atoms. The summed E-state index contributed by atoms with van der Waals surface area (Å²) in [4.78, 5) is 2.30. The number of piperidine rings is 1. The minimum Gasteiger partial charge on any atom is -0.508 e. The van der Waals surface area contributed by atoms with E-state index in [4.69, 9.17) is 0 Å². The Kier molecular flexibility index (Phi) is 7.32. The fourth-order valence-electron chi connectivity index (χ4n) is 4.52. The first-order chi connectivity index (χ1) is 16.7. The number of phenols is 3. The summed E-state index contributed by atoms with van der Waals surface area (Å²) in [5.74, 6) is -0.144. The first-order valence-electron chi connectivity index (χ1n) is 11.9. The maximum Gasteiger partial charge on any atom is 0.250 e. The number of aromatic hydroxyl groups is 3. The van der Waals surface area contributed by atoms with Crippen molar-refractivity contribution >= 4 is 9.84 Å². The summed E-state index contributed by atoms with van der Waals surface area (Å²) >= 11 is 0. The molecule has 0 unspecified atom stereocenters. The standard InChI is InChI=1S/C25H32N4O5S/c1-17(2)29-24(21-15-20(22(31)16-23(21)32)18-7-9-19(30)10-8-18)26-27-25(29)35(33,34)14-6-13-28-11-4-3-5-12-28/h7-10,15-17,30-32H,3-6,11-14H2,1-2H3. The van der Waals surface area contributed by atoms with Crippen molar-refractivity contribution < 1.29 is 23.7 Å². The molecule has 3 N–H and O–H groups in total. The lowest BCUT2D eigenvalue weighted by molar-refractivity contribution is 0.229. The van der Waals surface area contributed by atoms with Gasteiger partial charge in [-0.3, -0.25) is 4.57 Å². The van der Waals surface area contributed by atoms with E-state index < -0.39 is 9.84 Å². The molecule has 4 rings (SSSR count).